The minimum atomic E-state index is -1.19. The first kappa shape index (κ1) is 17.4. The fraction of sp³-hybridized carbons (Fsp3) is 0.700. The van der Waals surface area contributed by atoms with Crippen LogP contribution in [0.15, 0.2) is 5.18 Å². The molecule has 0 rings (SSSR count). The Morgan fingerprint density at radius 2 is 2.00 bits per heavy atom. The highest BCUT2D eigenvalue weighted by Gasteiger charge is 2.23. The summed E-state index contributed by atoms with van der Waals surface area (Å²) >= 11 is 1.03. The maximum Gasteiger partial charge on any atom is 0.335 e. The summed E-state index contributed by atoms with van der Waals surface area (Å²) in [7, 11) is 0. The predicted octanol–water partition coefficient (Wildman–Crippen LogP) is 0.00700. The van der Waals surface area contributed by atoms with Crippen molar-refractivity contribution in [2.45, 2.75) is 25.9 Å². The van der Waals surface area contributed by atoms with E-state index >= 15 is 0 Å². The van der Waals surface area contributed by atoms with Crippen LogP contribution in [0.4, 0.5) is 0 Å². The Bertz CT molecular complexity index is 349. The molecule has 19 heavy (non-hydrogen) atoms. The lowest BCUT2D eigenvalue weighted by Crippen LogP contribution is -2.41. The van der Waals surface area contributed by atoms with Crippen molar-refractivity contribution in [2.75, 3.05) is 18.1 Å². The quantitative estimate of drug-likeness (QED) is 0.453. The van der Waals surface area contributed by atoms with Gasteiger partial charge in [-0.15, -0.1) is 4.91 Å². The molecule has 0 bridgehead atoms. The van der Waals surface area contributed by atoms with Gasteiger partial charge in [0.15, 0.2) is 6.04 Å². The van der Waals surface area contributed by atoms with Gasteiger partial charge in [0.2, 0.25) is 5.91 Å². The summed E-state index contributed by atoms with van der Waals surface area (Å²) in [6, 6.07) is -2.24. The SMILES string of the molecule is CCOC(=O)C(CSCC(NC(C)=O)C(=O)O)N=O. The van der Waals surface area contributed by atoms with Gasteiger partial charge in [-0.2, -0.15) is 11.8 Å². The van der Waals surface area contributed by atoms with Gasteiger partial charge in [0.05, 0.1) is 6.61 Å². The van der Waals surface area contributed by atoms with Gasteiger partial charge in [-0.3, -0.25) is 4.79 Å². The number of ether oxygens (including phenoxy) is 1. The first-order chi connectivity index (χ1) is 8.92. The Morgan fingerprint density at radius 3 is 2.42 bits per heavy atom. The van der Waals surface area contributed by atoms with Crippen molar-refractivity contribution in [1.82, 2.24) is 5.32 Å². The largest absolute Gasteiger partial charge is 0.480 e. The molecule has 0 aromatic carbocycles. The van der Waals surface area contributed by atoms with E-state index in [0.29, 0.717) is 0 Å². The topological polar surface area (TPSA) is 122 Å². The van der Waals surface area contributed by atoms with Crippen molar-refractivity contribution in [1.29, 1.82) is 0 Å². The van der Waals surface area contributed by atoms with E-state index in [1.54, 1.807) is 6.92 Å². The molecule has 0 saturated heterocycles. The second kappa shape index (κ2) is 9.31. The third kappa shape index (κ3) is 7.39. The molecule has 0 fully saturated rings. The number of amides is 1. The lowest BCUT2D eigenvalue weighted by molar-refractivity contribution is -0.144. The molecular formula is C10H16N2O6S. The molecular weight excluding hydrogens is 276 g/mol. The smallest absolute Gasteiger partial charge is 0.335 e. The lowest BCUT2D eigenvalue weighted by atomic mass is 10.3. The number of carboxylic acids is 1. The average Bonchev–Trinajstić information content (AvgIpc) is 2.32. The summed E-state index contributed by atoms with van der Waals surface area (Å²) in [5.41, 5.74) is 0. The van der Waals surface area contributed by atoms with Crippen LogP contribution in [0.5, 0.6) is 0 Å². The molecule has 0 aliphatic heterocycles. The predicted molar refractivity (Wildman–Crippen MR) is 68.8 cm³/mol. The van der Waals surface area contributed by atoms with Crippen molar-refractivity contribution in [3.05, 3.63) is 4.91 Å². The Balaban J connectivity index is 4.22. The van der Waals surface area contributed by atoms with Crippen LogP contribution >= 0.6 is 11.8 Å². The van der Waals surface area contributed by atoms with E-state index < -0.39 is 29.9 Å². The molecule has 108 valence electrons. The summed E-state index contributed by atoms with van der Waals surface area (Å²) in [6.45, 7) is 2.94. The zero-order chi connectivity index (χ0) is 14.8. The molecule has 0 radical (unpaired) electrons. The summed E-state index contributed by atoms with van der Waals surface area (Å²) in [5.74, 6) is -2.36. The number of nitroso groups, excluding NO2 is 1. The molecule has 0 aliphatic rings. The number of hydrogen-bond donors (Lipinski definition) is 2. The van der Waals surface area contributed by atoms with Gasteiger partial charge < -0.3 is 15.2 Å². The van der Waals surface area contributed by atoms with Gasteiger partial charge in [0.1, 0.15) is 6.04 Å². The third-order valence-electron chi connectivity index (χ3n) is 1.92. The maximum atomic E-state index is 11.2. The highest BCUT2D eigenvalue weighted by molar-refractivity contribution is 7.99. The van der Waals surface area contributed by atoms with Gasteiger partial charge in [0.25, 0.3) is 0 Å². The Kier molecular flexibility index (Phi) is 8.51. The molecule has 0 aromatic rings. The molecule has 2 N–H and O–H groups in total. The number of carbonyl (C=O) groups excluding carboxylic acids is 2. The summed E-state index contributed by atoms with van der Waals surface area (Å²) in [6.07, 6.45) is 0. The second-order valence-electron chi connectivity index (χ2n) is 3.50. The van der Waals surface area contributed by atoms with Crippen molar-refractivity contribution >= 4 is 29.6 Å². The molecule has 8 nitrogen and oxygen atoms in total. The number of nitrogens with one attached hydrogen (secondary N) is 1. The monoisotopic (exact) mass is 292 g/mol. The van der Waals surface area contributed by atoms with Crippen LogP contribution in [0.2, 0.25) is 0 Å². The molecule has 0 aliphatic carbocycles. The fourth-order valence-electron chi connectivity index (χ4n) is 1.10. The van der Waals surface area contributed by atoms with E-state index in [9.17, 15) is 19.3 Å². The van der Waals surface area contributed by atoms with E-state index in [-0.39, 0.29) is 18.1 Å². The van der Waals surface area contributed by atoms with Crippen LogP contribution in [0.25, 0.3) is 0 Å². The number of aliphatic carboxylic acids is 1. The standard InChI is InChI=1S/C10H16N2O6S/c1-3-18-10(16)8(12-17)5-19-4-7(9(14)15)11-6(2)13/h7-8H,3-5H2,1-2H3,(H,11,13)(H,14,15). The molecule has 0 spiro atoms. The van der Waals surface area contributed by atoms with Crippen LogP contribution in [-0.2, 0) is 19.1 Å². The van der Waals surface area contributed by atoms with Gasteiger partial charge in [-0.25, -0.2) is 9.59 Å². The zero-order valence-electron chi connectivity index (χ0n) is 10.6. The van der Waals surface area contributed by atoms with Crippen LogP contribution in [-0.4, -0.2) is 53.1 Å². The number of nitrogens with zero attached hydrogens (tertiary/aromatic N) is 1. The Morgan fingerprint density at radius 1 is 1.37 bits per heavy atom. The molecule has 0 heterocycles. The summed E-state index contributed by atoms with van der Waals surface area (Å²) in [4.78, 5) is 43.3. The number of esters is 1. The van der Waals surface area contributed by atoms with Crippen LogP contribution in [0.3, 0.4) is 0 Å². The van der Waals surface area contributed by atoms with E-state index in [2.05, 4.69) is 15.2 Å². The minimum Gasteiger partial charge on any atom is -0.480 e. The van der Waals surface area contributed by atoms with E-state index in [1.165, 1.54) is 6.92 Å². The number of carbonyl (C=O) groups is 3. The molecule has 9 heteroatoms. The molecule has 2 unspecified atom stereocenters. The molecule has 0 aromatic heterocycles. The van der Waals surface area contributed by atoms with E-state index in [0.717, 1.165) is 11.8 Å². The maximum absolute atomic E-state index is 11.2. The van der Waals surface area contributed by atoms with Crippen molar-refractivity contribution in [3.8, 4) is 0 Å². The fourth-order valence-corrected chi connectivity index (χ4v) is 2.12. The number of rotatable bonds is 9. The highest BCUT2D eigenvalue weighted by atomic mass is 32.2. The Hall–Kier alpha value is -1.64. The minimum absolute atomic E-state index is 0.00565. The van der Waals surface area contributed by atoms with Gasteiger partial charge in [-0.05, 0) is 6.92 Å². The Labute approximate surface area is 114 Å². The van der Waals surface area contributed by atoms with Gasteiger partial charge >= 0.3 is 11.9 Å². The third-order valence-corrected chi connectivity index (χ3v) is 3.04. The van der Waals surface area contributed by atoms with Crippen molar-refractivity contribution < 1.29 is 24.2 Å². The van der Waals surface area contributed by atoms with E-state index in [4.69, 9.17) is 5.11 Å². The highest BCUT2D eigenvalue weighted by Crippen LogP contribution is 2.09. The summed E-state index contributed by atoms with van der Waals surface area (Å²) < 4.78 is 4.63. The lowest BCUT2D eigenvalue weighted by Gasteiger charge is -2.13. The van der Waals surface area contributed by atoms with Crippen molar-refractivity contribution in [2.24, 2.45) is 5.18 Å². The van der Waals surface area contributed by atoms with E-state index in [1.807, 2.05) is 0 Å². The molecule has 0 saturated carbocycles. The summed E-state index contributed by atoms with van der Waals surface area (Å²) in [5, 5.41) is 13.7. The normalized spacial score (nSPS) is 13.2. The average molecular weight is 292 g/mol. The molecule has 2 atom stereocenters. The first-order valence-electron chi connectivity index (χ1n) is 5.49. The van der Waals surface area contributed by atoms with Gasteiger partial charge in [-0.1, -0.05) is 5.18 Å². The molecule has 1 amide bonds. The zero-order valence-corrected chi connectivity index (χ0v) is 11.4. The van der Waals surface area contributed by atoms with Crippen LogP contribution < -0.4 is 5.32 Å². The number of thioether (sulfide) groups is 1. The number of carboxylic acid groups (broad SMARTS) is 1. The second-order valence-corrected chi connectivity index (χ2v) is 4.58. The van der Waals surface area contributed by atoms with Crippen LogP contribution in [0, 0.1) is 4.91 Å². The van der Waals surface area contributed by atoms with Gasteiger partial charge in [0, 0.05) is 18.4 Å². The van der Waals surface area contributed by atoms with Crippen molar-refractivity contribution in [3.63, 3.8) is 0 Å². The van der Waals surface area contributed by atoms with Crippen LogP contribution in [0.1, 0.15) is 13.8 Å². The first-order valence-corrected chi connectivity index (χ1v) is 6.64. The number of hydrogen-bond acceptors (Lipinski definition) is 7.